The maximum Gasteiger partial charge on any atom is 0.247 e. The third kappa shape index (κ3) is 10.6. The van der Waals surface area contributed by atoms with Crippen LogP contribution in [-0.4, -0.2) is 64.9 Å². The van der Waals surface area contributed by atoms with Crippen LogP contribution in [0, 0.1) is 3.57 Å². The van der Waals surface area contributed by atoms with Crippen molar-refractivity contribution in [2.24, 2.45) is 0 Å². The van der Waals surface area contributed by atoms with E-state index in [2.05, 4.69) is 41.8 Å². The summed E-state index contributed by atoms with van der Waals surface area (Å²) in [6.07, 6.45) is 9.97. The summed E-state index contributed by atoms with van der Waals surface area (Å²) in [5.74, 6) is 0.346. The average molecular weight is 629 g/mol. The monoisotopic (exact) mass is 628 g/mol. The molecule has 1 aromatic carbocycles. The lowest BCUT2D eigenvalue weighted by Gasteiger charge is -2.40. The number of hydrogen-bond acceptors (Lipinski definition) is 5. The van der Waals surface area contributed by atoms with E-state index in [-0.39, 0.29) is 31.4 Å². The number of nitrogens with zero attached hydrogens (tertiary/aromatic N) is 1. The van der Waals surface area contributed by atoms with Crippen LogP contribution in [0.2, 0.25) is 0 Å². The largest absolute Gasteiger partial charge is 0.482 e. The van der Waals surface area contributed by atoms with Gasteiger partial charge in [-0.1, -0.05) is 70.9 Å². The van der Waals surface area contributed by atoms with Gasteiger partial charge in [0.05, 0.1) is 16.2 Å². The van der Waals surface area contributed by atoms with Gasteiger partial charge in [-0.05, 0) is 53.6 Å². The number of unbranched alkanes of at least 4 members (excludes halogenated alkanes) is 7. The summed E-state index contributed by atoms with van der Waals surface area (Å²) in [5, 5.41) is 23.4. The Labute approximate surface area is 236 Å². The highest BCUT2D eigenvalue weighted by molar-refractivity contribution is 14.1. The summed E-state index contributed by atoms with van der Waals surface area (Å²) in [6, 6.07) is 6.97. The Morgan fingerprint density at radius 3 is 2.41 bits per heavy atom. The number of aliphatic hydroxyl groups is 2. The zero-order valence-electron chi connectivity index (χ0n) is 22.5. The minimum Gasteiger partial charge on any atom is -0.482 e. The summed E-state index contributed by atoms with van der Waals surface area (Å²) in [4.78, 5) is 28.2. The molecule has 0 spiro atoms. The fraction of sp³-hybridized carbons (Fsp3) is 0.655. The smallest absolute Gasteiger partial charge is 0.247 e. The predicted molar refractivity (Wildman–Crippen MR) is 155 cm³/mol. The van der Waals surface area contributed by atoms with Gasteiger partial charge in [-0.2, -0.15) is 0 Å². The predicted octanol–water partition coefficient (Wildman–Crippen LogP) is 4.98. The second kappa shape index (κ2) is 17.8. The number of carbonyl (C=O) groups excluding carboxylic acids is 2. The zero-order valence-corrected chi connectivity index (χ0v) is 24.6. The molecule has 0 aliphatic heterocycles. The highest BCUT2D eigenvalue weighted by Gasteiger charge is 2.40. The molecule has 0 unspecified atom stereocenters. The topological polar surface area (TPSA) is 99.1 Å². The Bertz CT molecular complexity index is 862. The first kappa shape index (κ1) is 31.6. The molecule has 0 saturated carbocycles. The van der Waals surface area contributed by atoms with Crippen LogP contribution in [0.15, 0.2) is 35.9 Å². The maximum atomic E-state index is 13.5. The van der Waals surface area contributed by atoms with Gasteiger partial charge in [0.25, 0.3) is 0 Å². The number of carbonyl (C=O) groups is 2. The second-order valence-corrected chi connectivity index (χ2v) is 10.9. The first-order valence-corrected chi connectivity index (χ1v) is 15.0. The van der Waals surface area contributed by atoms with E-state index < -0.39 is 18.2 Å². The Morgan fingerprint density at radius 1 is 1.05 bits per heavy atom. The maximum absolute atomic E-state index is 13.5. The van der Waals surface area contributed by atoms with Crippen molar-refractivity contribution in [1.29, 1.82) is 0 Å². The number of aliphatic hydroxyl groups excluding tert-OH is 2. The second-order valence-electron chi connectivity index (χ2n) is 9.76. The fourth-order valence-corrected chi connectivity index (χ4v) is 5.19. The summed E-state index contributed by atoms with van der Waals surface area (Å²) in [6.45, 7) is 4.86. The number of amides is 2. The van der Waals surface area contributed by atoms with E-state index in [1.165, 1.54) is 6.42 Å². The van der Waals surface area contributed by atoms with Gasteiger partial charge in [0, 0.05) is 31.5 Å². The number of halogens is 1. The molecule has 0 bridgehead atoms. The van der Waals surface area contributed by atoms with E-state index in [0.29, 0.717) is 24.3 Å². The summed E-state index contributed by atoms with van der Waals surface area (Å²) >= 11 is 2.18. The van der Waals surface area contributed by atoms with E-state index in [0.717, 1.165) is 54.9 Å². The summed E-state index contributed by atoms with van der Waals surface area (Å²) < 4.78 is 7.11. The van der Waals surface area contributed by atoms with Crippen LogP contribution in [0.1, 0.15) is 84.5 Å². The summed E-state index contributed by atoms with van der Waals surface area (Å²) in [7, 11) is 0. The van der Waals surface area contributed by atoms with Crippen molar-refractivity contribution >= 4 is 34.4 Å². The molecule has 0 aromatic heterocycles. The van der Waals surface area contributed by atoms with Gasteiger partial charge in [-0.25, -0.2) is 0 Å². The van der Waals surface area contributed by atoms with Gasteiger partial charge in [-0.15, -0.1) is 0 Å². The number of para-hydroxylation sites is 1. The molecule has 2 rings (SSSR count). The molecule has 0 fully saturated rings. The van der Waals surface area contributed by atoms with E-state index in [4.69, 9.17) is 4.74 Å². The van der Waals surface area contributed by atoms with Gasteiger partial charge in [0.1, 0.15) is 18.0 Å². The molecule has 0 heterocycles. The minimum absolute atomic E-state index is 0.0297. The SMILES string of the molecule is CCCCCCCC(=O)N(CCCCCC)[C@@H]1CC(C(=O)NCCO)=C[C@H](Oc2ccccc2I)[C@H]1O. The molecule has 1 aromatic rings. The van der Waals surface area contributed by atoms with Crippen LogP contribution in [0.25, 0.3) is 0 Å². The molecule has 208 valence electrons. The number of benzene rings is 1. The molecule has 7 nitrogen and oxygen atoms in total. The Kier molecular flexibility index (Phi) is 15.2. The molecule has 1 aliphatic rings. The summed E-state index contributed by atoms with van der Waals surface area (Å²) in [5.41, 5.74) is 0.467. The van der Waals surface area contributed by atoms with Gasteiger partial charge in [0.15, 0.2) is 0 Å². The quantitative estimate of drug-likeness (QED) is 0.167. The lowest BCUT2D eigenvalue weighted by Crippen LogP contribution is -2.55. The molecular formula is C29H45IN2O5. The number of ether oxygens (including phenoxy) is 1. The van der Waals surface area contributed by atoms with E-state index in [1.807, 2.05) is 24.3 Å². The zero-order chi connectivity index (χ0) is 27.0. The van der Waals surface area contributed by atoms with E-state index in [9.17, 15) is 19.8 Å². The van der Waals surface area contributed by atoms with Crippen LogP contribution in [0.3, 0.4) is 0 Å². The van der Waals surface area contributed by atoms with Crippen molar-refractivity contribution in [1.82, 2.24) is 10.2 Å². The molecule has 8 heteroatoms. The lowest BCUT2D eigenvalue weighted by atomic mass is 9.87. The van der Waals surface area contributed by atoms with E-state index >= 15 is 0 Å². The van der Waals surface area contributed by atoms with Crippen molar-refractivity contribution in [3.63, 3.8) is 0 Å². The minimum atomic E-state index is -0.972. The van der Waals surface area contributed by atoms with Gasteiger partial charge in [-0.3, -0.25) is 9.59 Å². The number of nitrogens with one attached hydrogen (secondary N) is 1. The average Bonchev–Trinajstić information content (AvgIpc) is 2.89. The number of rotatable bonds is 17. The van der Waals surface area contributed by atoms with Crippen molar-refractivity contribution in [3.8, 4) is 5.75 Å². The highest BCUT2D eigenvalue weighted by atomic mass is 127. The van der Waals surface area contributed by atoms with Crippen LogP contribution in [-0.2, 0) is 9.59 Å². The Hall–Kier alpha value is -1.65. The first-order valence-electron chi connectivity index (χ1n) is 13.9. The fourth-order valence-electron chi connectivity index (χ4n) is 4.67. The molecule has 3 N–H and O–H groups in total. The Morgan fingerprint density at radius 2 is 1.73 bits per heavy atom. The lowest BCUT2D eigenvalue weighted by molar-refractivity contribution is -0.138. The third-order valence-electron chi connectivity index (χ3n) is 6.78. The molecule has 0 saturated heterocycles. The Balaban J connectivity index is 2.28. The van der Waals surface area contributed by atoms with Crippen molar-refractivity contribution in [2.75, 3.05) is 19.7 Å². The molecule has 0 radical (unpaired) electrons. The van der Waals surface area contributed by atoms with Gasteiger partial charge >= 0.3 is 0 Å². The molecule has 3 atom stereocenters. The molecule has 1 aliphatic carbocycles. The van der Waals surface area contributed by atoms with Gasteiger partial charge < -0.3 is 25.2 Å². The van der Waals surface area contributed by atoms with Crippen molar-refractivity contribution < 1.29 is 24.5 Å². The van der Waals surface area contributed by atoms with Crippen molar-refractivity contribution in [2.45, 2.75) is 103 Å². The first-order chi connectivity index (χ1) is 17.9. The third-order valence-corrected chi connectivity index (χ3v) is 7.67. The highest BCUT2D eigenvalue weighted by Crippen LogP contribution is 2.30. The van der Waals surface area contributed by atoms with Crippen LogP contribution >= 0.6 is 22.6 Å². The van der Waals surface area contributed by atoms with Crippen LogP contribution in [0.5, 0.6) is 5.75 Å². The molecular weight excluding hydrogens is 583 g/mol. The van der Waals surface area contributed by atoms with Crippen LogP contribution in [0.4, 0.5) is 0 Å². The van der Waals surface area contributed by atoms with E-state index in [1.54, 1.807) is 11.0 Å². The standard InChI is InChI=1S/C29H45IN2O5/c1-3-5-7-9-10-16-27(34)32(18-13-8-6-4-2)24-20-22(29(36)31-17-19-33)21-26(28(24)35)37-25-15-12-11-14-23(25)30/h11-12,14-15,21,24,26,28,33,35H,3-10,13,16-20H2,1-2H3,(H,31,36)/t24-,26+,28+/m1/s1. The van der Waals surface area contributed by atoms with Crippen molar-refractivity contribution in [3.05, 3.63) is 39.5 Å². The molecule has 2 amide bonds. The molecule has 37 heavy (non-hydrogen) atoms. The normalized spacial score (nSPS) is 19.3. The van der Waals surface area contributed by atoms with Gasteiger partial charge in [0.2, 0.25) is 11.8 Å². The van der Waals surface area contributed by atoms with Crippen LogP contribution < -0.4 is 10.1 Å². The number of hydrogen-bond donors (Lipinski definition) is 3.